The lowest BCUT2D eigenvalue weighted by Gasteiger charge is -2.15. The predicted octanol–water partition coefficient (Wildman–Crippen LogP) is 3.39. The van der Waals surface area contributed by atoms with Crippen LogP contribution in [-0.2, 0) is 6.54 Å². The molecule has 1 saturated carbocycles. The molecule has 1 aromatic carbocycles. The first-order chi connectivity index (χ1) is 9.19. The van der Waals surface area contributed by atoms with Gasteiger partial charge in [-0.05, 0) is 37.1 Å². The maximum Gasteiger partial charge on any atom is 0.190 e. The van der Waals surface area contributed by atoms with Crippen molar-refractivity contribution in [2.45, 2.75) is 25.3 Å². The molecular weight excluding hydrogens is 261 g/mol. The quantitative estimate of drug-likeness (QED) is 0.931. The number of thiazole rings is 1. The van der Waals surface area contributed by atoms with Gasteiger partial charge in [-0.3, -0.25) is 0 Å². The molecule has 1 aliphatic rings. The summed E-state index contributed by atoms with van der Waals surface area (Å²) < 4.78 is 12.9. The largest absolute Gasteiger partial charge is 0.326 e. The molecule has 0 amide bonds. The zero-order valence-electron chi connectivity index (χ0n) is 10.8. The van der Waals surface area contributed by atoms with Crippen molar-refractivity contribution in [3.05, 3.63) is 40.7 Å². The van der Waals surface area contributed by atoms with Gasteiger partial charge in [0.05, 0.1) is 5.69 Å². The first-order valence-electron chi connectivity index (χ1n) is 6.38. The van der Waals surface area contributed by atoms with Gasteiger partial charge in [-0.25, -0.2) is 9.37 Å². The molecule has 2 aromatic rings. The molecule has 1 heterocycles. The Balaban J connectivity index is 1.90. The monoisotopic (exact) mass is 277 g/mol. The van der Waals surface area contributed by atoms with E-state index in [-0.39, 0.29) is 5.82 Å². The number of nitrogens with two attached hydrogens (primary N) is 1. The molecular formula is C14H16FN3S. The van der Waals surface area contributed by atoms with Crippen LogP contribution in [0.25, 0.3) is 0 Å². The Morgan fingerprint density at radius 3 is 2.63 bits per heavy atom. The highest BCUT2D eigenvalue weighted by Crippen LogP contribution is 2.44. The number of hydrogen-bond donors (Lipinski definition) is 1. The summed E-state index contributed by atoms with van der Waals surface area (Å²) in [6.45, 7) is 0.542. The summed E-state index contributed by atoms with van der Waals surface area (Å²) in [6.07, 6.45) is 2.44. The minimum Gasteiger partial charge on any atom is -0.326 e. The van der Waals surface area contributed by atoms with Crippen molar-refractivity contribution in [2.24, 2.45) is 5.73 Å². The Morgan fingerprint density at radius 2 is 2.05 bits per heavy atom. The molecule has 0 spiro atoms. The number of anilines is 2. The molecule has 0 atom stereocenters. The van der Waals surface area contributed by atoms with Crippen LogP contribution in [0, 0.1) is 5.82 Å². The third-order valence-corrected chi connectivity index (χ3v) is 4.54. The summed E-state index contributed by atoms with van der Waals surface area (Å²) in [5.41, 5.74) is 7.89. The summed E-state index contributed by atoms with van der Waals surface area (Å²) in [5, 5.41) is 0.925. The fourth-order valence-electron chi connectivity index (χ4n) is 2.09. The zero-order chi connectivity index (χ0) is 13.4. The van der Waals surface area contributed by atoms with Crippen LogP contribution in [0.15, 0.2) is 24.3 Å². The average Bonchev–Trinajstić information content (AvgIpc) is 3.18. The molecule has 3 rings (SSSR count). The van der Waals surface area contributed by atoms with Gasteiger partial charge in [0, 0.05) is 30.1 Å². The Kier molecular flexibility index (Phi) is 3.24. The molecule has 1 aliphatic carbocycles. The number of benzene rings is 1. The van der Waals surface area contributed by atoms with Crippen molar-refractivity contribution in [1.82, 2.24) is 4.98 Å². The van der Waals surface area contributed by atoms with Crippen molar-refractivity contribution in [1.29, 1.82) is 0 Å². The normalized spacial score (nSPS) is 14.7. The van der Waals surface area contributed by atoms with E-state index >= 15 is 0 Å². The maximum absolute atomic E-state index is 12.9. The van der Waals surface area contributed by atoms with Gasteiger partial charge in [0.15, 0.2) is 5.13 Å². The van der Waals surface area contributed by atoms with Gasteiger partial charge in [-0.15, -0.1) is 0 Å². The highest BCUT2D eigenvalue weighted by Gasteiger charge is 2.29. The number of rotatable bonds is 4. The van der Waals surface area contributed by atoms with Gasteiger partial charge in [0.1, 0.15) is 5.82 Å². The second kappa shape index (κ2) is 4.90. The van der Waals surface area contributed by atoms with Gasteiger partial charge >= 0.3 is 0 Å². The van der Waals surface area contributed by atoms with E-state index in [0.29, 0.717) is 12.5 Å². The van der Waals surface area contributed by atoms with E-state index in [0.717, 1.165) is 16.5 Å². The molecule has 100 valence electrons. The van der Waals surface area contributed by atoms with Crippen LogP contribution in [-0.4, -0.2) is 12.0 Å². The van der Waals surface area contributed by atoms with Gasteiger partial charge in [0.2, 0.25) is 0 Å². The van der Waals surface area contributed by atoms with Crippen molar-refractivity contribution >= 4 is 22.2 Å². The molecule has 3 nitrogen and oxygen atoms in total. The van der Waals surface area contributed by atoms with Gasteiger partial charge in [0.25, 0.3) is 0 Å². The second-order valence-corrected chi connectivity index (χ2v) is 5.88. The molecule has 0 radical (unpaired) electrons. The van der Waals surface area contributed by atoms with Crippen molar-refractivity contribution in [3.63, 3.8) is 0 Å². The molecule has 5 heteroatoms. The predicted molar refractivity (Wildman–Crippen MR) is 76.4 cm³/mol. The van der Waals surface area contributed by atoms with Crippen molar-refractivity contribution in [3.8, 4) is 0 Å². The first kappa shape index (κ1) is 12.6. The summed E-state index contributed by atoms with van der Waals surface area (Å²) in [5.74, 6) is 0.378. The minimum absolute atomic E-state index is 0.224. The van der Waals surface area contributed by atoms with E-state index in [4.69, 9.17) is 10.7 Å². The number of aromatic nitrogens is 1. The van der Waals surface area contributed by atoms with Crippen molar-refractivity contribution in [2.75, 3.05) is 11.9 Å². The highest BCUT2D eigenvalue weighted by atomic mass is 32.1. The van der Waals surface area contributed by atoms with E-state index in [1.807, 2.05) is 11.9 Å². The Bertz CT molecular complexity index is 575. The molecule has 19 heavy (non-hydrogen) atoms. The third kappa shape index (κ3) is 2.48. The van der Waals surface area contributed by atoms with E-state index in [2.05, 4.69) is 0 Å². The lowest BCUT2D eigenvalue weighted by Crippen LogP contribution is -2.08. The van der Waals surface area contributed by atoms with Crippen LogP contribution in [0.5, 0.6) is 0 Å². The highest BCUT2D eigenvalue weighted by molar-refractivity contribution is 7.15. The standard InChI is InChI=1S/C14H16FN3S/c1-18(11-6-4-10(15)5-7-11)14-17-13(9-2-3-9)12(8-16)19-14/h4-7,9H,2-3,8,16H2,1H3. The topological polar surface area (TPSA) is 42.2 Å². The summed E-state index contributed by atoms with van der Waals surface area (Å²) >= 11 is 1.63. The smallest absolute Gasteiger partial charge is 0.190 e. The summed E-state index contributed by atoms with van der Waals surface area (Å²) in [7, 11) is 1.95. The maximum atomic E-state index is 12.9. The summed E-state index contributed by atoms with van der Waals surface area (Å²) in [4.78, 5) is 7.87. The fraction of sp³-hybridized carbons (Fsp3) is 0.357. The molecule has 2 N–H and O–H groups in total. The van der Waals surface area contributed by atoms with E-state index in [1.165, 1.54) is 29.9 Å². The van der Waals surface area contributed by atoms with Crippen LogP contribution >= 0.6 is 11.3 Å². The Morgan fingerprint density at radius 1 is 1.37 bits per heavy atom. The second-order valence-electron chi connectivity index (χ2n) is 4.82. The lowest BCUT2D eigenvalue weighted by atomic mass is 10.2. The molecule has 1 fully saturated rings. The molecule has 0 saturated heterocycles. The first-order valence-corrected chi connectivity index (χ1v) is 7.19. The van der Waals surface area contributed by atoms with E-state index in [1.54, 1.807) is 23.5 Å². The zero-order valence-corrected chi connectivity index (χ0v) is 11.6. The minimum atomic E-state index is -0.224. The number of nitrogens with zero attached hydrogens (tertiary/aromatic N) is 2. The van der Waals surface area contributed by atoms with Crippen molar-refractivity contribution < 1.29 is 4.39 Å². The van der Waals surface area contributed by atoms with Gasteiger partial charge < -0.3 is 10.6 Å². The SMILES string of the molecule is CN(c1ccc(F)cc1)c1nc(C2CC2)c(CN)s1. The van der Waals surface area contributed by atoms with E-state index in [9.17, 15) is 4.39 Å². The molecule has 1 aromatic heterocycles. The van der Waals surface area contributed by atoms with Crippen LogP contribution < -0.4 is 10.6 Å². The van der Waals surface area contributed by atoms with Crippen LogP contribution in [0.4, 0.5) is 15.2 Å². The molecule has 0 aliphatic heterocycles. The Labute approximate surface area is 115 Å². The van der Waals surface area contributed by atoms with Crippen LogP contribution in [0.3, 0.4) is 0 Å². The number of halogens is 1. The lowest BCUT2D eigenvalue weighted by molar-refractivity contribution is 0.628. The molecule has 0 bridgehead atoms. The third-order valence-electron chi connectivity index (χ3n) is 3.37. The van der Waals surface area contributed by atoms with Crippen LogP contribution in [0.2, 0.25) is 0 Å². The Hall–Kier alpha value is -1.46. The van der Waals surface area contributed by atoms with Gasteiger partial charge in [-0.2, -0.15) is 0 Å². The van der Waals surface area contributed by atoms with Gasteiger partial charge in [-0.1, -0.05) is 11.3 Å². The van der Waals surface area contributed by atoms with E-state index < -0.39 is 0 Å². The summed E-state index contributed by atoms with van der Waals surface area (Å²) in [6, 6.07) is 6.45. The fourth-order valence-corrected chi connectivity index (χ4v) is 3.10. The average molecular weight is 277 g/mol. The van der Waals surface area contributed by atoms with Crippen LogP contribution in [0.1, 0.15) is 29.3 Å². The number of hydrogen-bond acceptors (Lipinski definition) is 4. The molecule has 0 unspecified atom stereocenters.